The molecule has 1 saturated carbocycles. The van der Waals surface area contributed by atoms with Crippen molar-refractivity contribution in [2.75, 3.05) is 20.7 Å². The quantitative estimate of drug-likeness (QED) is 0.886. The molecular weight excluding hydrogens is 238 g/mol. The molecule has 0 bridgehead atoms. The Hall–Kier alpha value is -1.06. The predicted octanol–water partition coefficient (Wildman–Crippen LogP) is 2.85. The smallest absolute Gasteiger partial charge is 0.119 e. The van der Waals surface area contributed by atoms with Crippen molar-refractivity contribution in [1.82, 2.24) is 4.90 Å². The summed E-state index contributed by atoms with van der Waals surface area (Å²) in [5.74, 6) is 1.33. The molecule has 1 aliphatic rings. The van der Waals surface area contributed by atoms with Gasteiger partial charge in [-0.2, -0.15) is 0 Å². The van der Waals surface area contributed by atoms with Gasteiger partial charge in [-0.3, -0.25) is 4.90 Å². The van der Waals surface area contributed by atoms with E-state index in [1.165, 1.54) is 5.56 Å². The lowest BCUT2D eigenvalue weighted by molar-refractivity contribution is 0.0990. The molecule has 0 spiro atoms. The summed E-state index contributed by atoms with van der Waals surface area (Å²) in [6.07, 6.45) is 3.16. The van der Waals surface area contributed by atoms with Crippen molar-refractivity contribution in [3.8, 4) is 5.75 Å². The standard InChI is InChI=1S/C16H25NO2/c1-12(13-6-4-8-15(10-13)19-3)17(2)11-14-7-5-9-16(14)18/h4,6,8,10,12,14,16,18H,5,7,9,11H2,1-3H3. The SMILES string of the molecule is COc1cccc(C(C)N(C)CC2CCCC2O)c1. The molecule has 3 nitrogen and oxygen atoms in total. The Morgan fingerprint density at radius 2 is 2.21 bits per heavy atom. The number of aliphatic hydroxyl groups excluding tert-OH is 1. The van der Waals surface area contributed by atoms with Crippen LogP contribution in [0.25, 0.3) is 0 Å². The highest BCUT2D eigenvalue weighted by molar-refractivity contribution is 5.30. The molecule has 0 aliphatic heterocycles. The van der Waals surface area contributed by atoms with Gasteiger partial charge in [0.25, 0.3) is 0 Å². The van der Waals surface area contributed by atoms with Crippen molar-refractivity contribution in [3.63, 3.8) is 0 Å². The third-order valence-corrected chi connectivity index (χ3v) is 4.38. The maximum atomic E-state index is 9.93. The van der Waals surface area contributed by atoms with Gasteiger partial charge in [-0.05, 0) is 50.4 Å². The second-order valence-electron chi connectivity index (χ2n) is 5.65. The zero-order chi connectivity index (χ0) is 13.8. The van der Waals surface area contributed by atoms with E-state index < -0.39 is 0 Å². The van der Waals surface area contributed by atoms with Gasteiger partial charge in [0.1, 0.15) is 5.75 Å². The average molecular weight is 263 g/mol. The maximum absolute atomic E-state index is 9.93. The van der Waals surface area contributed by atoms with Gasteiger partial charge in [0, 0.05) is 12.6 Å². The molecule has 2 rings (SSSR count). The van der Waals surface area contributed by atoms with E-state index in [2.05, 4.69) is 31.0 Å². The first-order valence-corrected chi connectivity index (χ1v) is 7.14. The molecule has 0 aromatic heterocycles. The van der Waals surface area contributed by atoms with Gasteiger partial charge in [0.15, 0.2) is 0 Å². The van der Waals surface area contributed by atoms with Crippen molar-refractivity contribution in [3.05, 3.63) is 29.8 Å². The van der Waals surface area contributed by atoms with Crippen LogP contribution in [0.3, 0.4) is 0 Å². The molecule has 0 heterocycles. The largest absolute Gasteiger partial charge is 0.497 e. The van der Waals surface area contributed by atoms with E-state index in [0.717, 1.165) is 31.6 Å². The Kier molecular flexibility index (Phi) is 4.83. The Balaban J connectivity index is 1.99. The lowest BCUT2D eigenvalue weighted by Gasteiger charge is -2.29. The summed E-state index contributed by atoms with van der Waals surface area (Å²) in [4.78, 5) is 2.33. The summed E-state index contributed by atoms with van der Waals surface area (Å²) >= 11 is 0. The number of aliphatic hydroxyl groups is 1. The highest BCUT2D eigenvalue weighted by Crippen LogP contribution is 2.29. The molecule has 1 N–H and O–H groups in total. The topological polar surface area (TPSA) is 32.7 Å². The zero-order valence-electron chi connectivity index (χ0n) is 12.2. The van der Waals surface area contributed by atoms with Crippen molar-refractivity contribution >= 4 is 0 Å². The normalized spacial score (nSPS) is 24.7. The Morgan fingerprint density at radius 3 is 2.84 bits per heavy atom. The monoisotopic (exact) mass is 263 g/mol. The summed E-state index contributed by atoms with van der Waals surface area (Å²) < 4.78 is 5.28. The third-order valence-electron chi connectivity index (χ3n) is 4.38. The summed E-state index contributed by atoms with van der Waals surface area (Å²) in [6, 6.07) is 8.56. The van der Waals surface area contributed by atoms with E-state index in [0.29, 0.717) is 12.0 Å². The van der Waals surface area contributed by atoms with Crippen LogP contribution >= 0.6 is 0 Å². The van der Waals surface area contributed by atoms with Gasteiger partial charge in [-0.25, -0.2) is 0 Å². The predicted molar refractivity (Wildman–Crippen MR) is 77.4 cm³/mol. The molecule has 106 valence electrons. The fraction of sp³-hybridized carbons (Fsp3) is 0.625. The van der Waals surface area contributed by atoms with Crippen LogP contribution < -0.4 is 4.74 Å². The molecule has 3 unspecified atom stereocenters. The lowest BCUT2D eigenvalue weighted by atomic mass is 10.0. The van der Waals surface area contributed by atoms with Crippen LogP contribution in [0, 0.1) is 5.92 Å². The fourth-order valence-electron chi connectivity index (χ4n) is 2.91. The molecule has 0 amide bonds. The summed E-state index contributed by atoms with van der Waals surface area (Å²) in [5, 5.41) is 9.93. The van der Waals surface area contributed by atoms with E-state index in [-0.39, 0.29) is 6.10 Å². The van der Waals surface area contributed by atoms with Gasteiger partial charge < -0.3 is 9.84 Å². The zero-order valence-corrected chi connectivity index (χ0v) is 12.2. The third kappa shape index (κ3) is 3.48. The lowest BCUT2D eigenvalue weighted by Crippen LogP contribution is -2.31. The molecule has 19 heavy (non-hydrogen) atoms. The van der Waals surface area contributed by atoms with Crippen LogP contribution in [0.1, 0.15) is 37.8 Å². The highest BCUT2D eigenvalue weighted by Gasteiger charge is 2.27. The van der Waals surface area contributed by atoms with Crippen LogP contribution in [-0.2, 0) is 0 Å². The first-order chi connectivity index (χ1) is 9.11. The van der Waals surface area contributed by atoms with Crippen molar-refractivity contribution in [2.24, 2.45) is 5.92 Å². The van der Waals surface area contributed by atoms with Crippen molar-refractivity contribution < 1.29 is 9.84 Å². The number of hydrogen-bond acceptors (Lipinski definition) is 3. The van der Waals surface area contributed by atoms with E-state index in [1.807, 2.05) is 12.1 Å². The van der Waals surface area contributed by atoms with Gasteiger partial charge in [0.2, 0.25) is 0 Å². The van der Waals surface area contributed by atoms with Crippen molar-refractivity contribution in [2.45, 2.75) is 38.3 Å². The van der Waals surface area contributed by atoms with E-state index in [9.17, 15) is 5.11 Å². The first-order valence-electron chi connectivity index (χ1n) is 7.14. The Morgan fingerprint density at radius 1 is 1.42 bits per heavy atom. The van der Waals surface area contributed by atoms with Crippen LogP contribution in [-0.4, -0.2) is 36.8 Å². The summed E-state index contributed by atoms with van der Waals surface area (Å²) in [6.45, 7) is 3.16. The van der Waals surface area contributed by atoms with E-state index in [4.69, 9.17) is 4.74 Å². The number of benzene rings is 1. The minimum absolute atomic E-state index is 0.111. The average Bonchev–Trinajstić information content (AvgIpc) is 2.83. The van der Waals surface area contributed by atoms with Gasteiger partial charge >= 0.3 is 0 Å². The molecule has 0 radical (unpaired) electrons. The van der Waals surface area contributed by atoms with Gasteiger partial charge in [-0.15, -0.1) is 0 Å². The minimum Gasteiger partial charge on any atom is -0.497 e. The number of hydrogen-bond donors (Lipinski definition) is 1. The fourth-order valence-corrected chi connectivity index (χ4v) is 2.91. The molecule has 1 fully saturated rings. The van der Waals surface area contributed by atoms with Crippen LogP contribution in [0.2, 0.25) is 0 Å². The Labute approximate surface area is 116 Å². The van der Waals surface area contributed by atoms with Crippen LogP contribution in [0.15, 0.2) is 24.3 Å². The Bertz CT molecular complexity index is 407. The minimum atomic E-state index is -0.111. The number of ether oxygens (including phenoxy) is 1. The first kappa shape index (κ1) is 14.4. The molecule has 3 heteroatoms. The van der Waals surface area contributed by atoms with Gasteiger partial charge in [-0.1, -0.05) is 18.6 Å². The molecule has 1 aliphatic carbocycles. The second kappa shape index (κ2) is 6.40. The van der Waals surface area contributed by atoms with E-state index in [1.54, 1.807) is 7.11 Å². The highest BCUT2D eigenvalue weighted by atomic mass is 16.5. The molecular formula is C16H25NO2. The maximum Gasteiger partial charge on any atom is 0.119 e. The second-order valence-corrected chi connectivity index (χ2v) is 5.65. The molecule has 3 atom stereocenters. The van der Waals surface area contributed by atoms with Gasteiger partial charge in [0.05, 0.1) is 13.2 Å². The van der Waals surface area contributed by atoms with Crippen LogP contribution in [0.4, 0.5) is 0 Å². The van der Waals surface area contributed by atoms with Crippen molar-refractivity contribution in [1.29, 1.82) is 0 Å². The van der Waals surface area contributed by atoms with Crippen LogP contribution in [0.5, 0.6) is 5.75 Å². The molecule has 0 saturated heterocycles. The number of methoxy groups -OCH3 is 1. The van der Waals surface area contributed by atoms with E-state index >= 15 is 0 Å². The molecule has 1 aromatic rings. The summed E-state index contributed by atoms with van der Waals surface area (Å²) in [5.41, 5.74) is 1.26. The summed E-state index contributed by atoms with van der Waals surface area (Å²) in [7, 11) is 3.83. The molecule has 1 aromatic carbocycles. The number of nitrogens with zero attached hydrogens (tertiary/aromatic N) is 1. The number of rotatable bonds is 5.